The number of nitrogens with one attached hydrogen (secondary N) is 2. The van der Waals surface area contributed by atoms with Crippen LogP contribution in [0.2, 0.25) is 5.02 Å². The first-order chi connectivity index (χ1) is 11.6. The van der Waals surface area contributed by atoms with Gasteiger partial charge in [0.2, 0.25) is 10.9 Å². The van der Waals surface area contributed by atoms with E-state index in [1.807, 2.05) is 29.3 Å². The van der Waals surface area contributed by atoms with Gasteiger partial charge in [-0.2, -0.15) is 4.90 Å². The Balaban J connectivity index is 1.58. The predicted octanol–water partition coefficient (Wildman–Crippen LogP) is 2.55. The Morgan fingerprint density at radius 1 is 1.12 bits per heavy atom. The third-order valence-corrected chi connectivity index (χ3v) is 5.02. The first kappa shape index (κ1) is 15.1. The van der Waals surface area contributed by atoms with Gasteiger partial charge in [-0.05, 0) is 29.8 Å². The summed E-state index contributed by atoms with van der Waals surface area (Å²) in [6.07, 6.45) is 6.34. The van der Waals surface area contributed by atoms with Gasteiger partial charge >= 0.3 is 0 Å². The number of thioether (sulfide) groups is 1. The highest BCUT2D eigenvalue weighted by Gasteiger charge is 2.36. The van der Waals surface area contributed by atoms with Crippen LogP contribution in [0.1, 0.15) is 10.9 Å². The number of halogens is 1. The summed E-state index contributed by atoms with van der Waals surface area (Å²) in [5, 5.41) is 29.2. The smallest absolute Gasteiger partial charge is 0.222 e. The molecule has 2 heterocycles. The van der Waals surface area contributed by atoms with E-state index in [4.69, 9.17) is 11.6 Å². The third kappa shape index (κ3) is 2.64. The van der Waals surface area contributed by atoms with E-state index in [9.17, 15) is 10.4 Å². The third-order valence-electron chi connectivity index (χ3n) is 3.67. The van der Waals surface area contributed by atoms with E-state index in [2.05, 4.69) is 16.0 Å². The fraction of sp³-hybridized carbons (Fsp3) is 0.0667. The van der Waals surface area contributed by atoms with Gasteiger partial charge in [-0.25, -0.2) is 10.4 Å². The second-order valence-corrected chi connectivity index (χ2v) is 6.68. The van der Waals surface area contributed by atoms with Gasteiger partial charge in [0.05, 0.1) is 0 Å². The molecule has 122 valence electrons. The van der Waals surface area contributed by atoms with Crippen LogP contribution in [0.15, 0.2) is 65.1 Å². The van der Waals surface area contributed by atoms with Crippen molar-refractivity contribution in [2.75, 3.05) is 0 Å². The van der Waals surface area contributed by atoms with Crippen LogP contribution in [0.3, 0.4) is 0 Å². The average Bonchev–Trinajstić information content (AvgIpc) is 3.16. The molecule has 2 aliphatic heterocycles. The fourth-order valence-corrected chi connectivity index (χ4v) is 3.59. The van der Waals surface area contributed by atoms with Crippen molar-refractivity contribution in [2.45, 2.75) is 5.37 Å². The first-order valence-electron chi connectivity index (χ1n) is 7.06. The maximum atomic E-state index is 10.8. The molecule has 24 heavy (non-hydrogen) atoms. The van der Waals surface area contributed by atoms with E-state index in [1.165, 1.54) is 12.2 Å². The Labute approximate surface area is 146 Å². The van der Waals surface area contributed by atoms with Gasteiger partial charge in [-0.15, -0.1) is 5.10 Å². The van der Waals surface area contributed by atoms with Gasteiger partial charge in [-0.1, -0.05) is 35.5 Å². The molecule has 7 nitrogen and oxygen atoms in total. The van der Waals surface area contributed by atoms with Crippen molar-refractivity contribution >= 4 is 34.2 Å². The summed E-state index contributed by atoms with van der Waals surface area (Å²) >= 11 is 7.51. The quantitative estimate of drug-likeness (QED) is 0.591. The van der Waals surface area contributed by atoms with E-state index in [-0.39, 0.29) is 11.1 Å². The Morgan fingerprint density at radius 3 is 2.50 bits per heavy atom. The van der Waals surface area contributed by atoms with Gasteiger partial charge in [0.25, 0.3) is 0 Å². The maximum Gasteiger partial charge on any atom is 0.222 e. The van der Waals surface area contributed by atoms with E-state index in [1.54, 1.807) is 23.9 Å². The highest BCUT2D eigenvalue weighted by atomic mass is 35.5. The van der Waals surface area contributed by atoms with Gasteiger partial charge in [-0.3, -0.25) is 5.43 Å². The molecular formula is C15H11ClN5O2S-. The number of nitrogens with zero attached hydrogens (tertiary/aromatic N) is 3. The first-order valence-corrected chi connectivity index (χ1v) is 8.31. The summed E-state index contributed by atoms with van der Waals surface area (Å²) < 4.78 is 0. The van der Waals surface area contributed by atoms with Gasteiger partial charge in [0.1, 0.15) is 5.37 Å². The fourth-order valence-electron chi connectivity index (χ4n) is 2.46. The van der Waals surface area contributed by atoms with Crippen LogP contribution >= 0.6 is 23.4 Å². The summed E-state index contributed by atoms with van der Waals surface area (Å²) in [5.74, 6) is 0.740. The second-order valence-electron chi connectivity index (χ2n) is 5.17. The number of hydrogen-bond donors (Lipinski definition) is 2. The SMILES string of the molecule is [O-][N+]([O-])=C1C=CC(=C2NN=C3S[C@H](c4ccc(Cl)cc4)NN32)C=C1. The predicted molar refractivity (Wildman–Crippen MR) is 94.6 cm³/mol. The van der Waals surface area contributed by atoms with Crippen molar-refractivity contribution in [1.29, 1.82) is 0 Å². The molecule has 2 N–H and O–H groups in total. The molecule has 3 aliphatic rings. The Hall–Kier alpha value is -2.42. The summed E-state index contributed by atoms with van der Waals surface area (Å²) in [4.78, 5) is -0.418. The molecule has 4 rings (SSSR count). The largest absolute Gasteiger partial charge is 0.612 e. The molecule has 0 spiro atoms. The molecule has 1 saturated heterocycles. The number of allylic oxidation sites excluding steroid dienone is 5. The molecule has 1 fully saturated rings. The average molecular weight is 361 g/mol. The number of fused-ring (bicyclic) bond motifs is 1. The lowest BCUT2D eigenvalue weighted by molar-refractivity contribution is -0.377. The zero-order chi connectivity index (χ0) is 16.7. The number of rotatable bonds is 1. The number of amidine groups is 1. The molecule has 0 saturated carbocycles. The van der Waals surface area contributed by atoms with Crippen molar-refractivity contribution in [1.82, 2.24) is 15.9 Å². The normalized spacial score (nSPS) is 21.9. The lowest BCUT2D eigenvalue weighted by atomic mass is 10.1. The molecule has 1 atom stereocenters. The van der Waals surface area contributed by atoms with Crippen LogP contribution in [0.5, 0.6) is 0 Å². The minimum absolute atomic E-state index is 0.0242. The molecule has 0 amide bonds. The highest BCUT2D eigenvalue weighted by molar-refractivity contribution is 8.14. The molecule has 1 aromatic carbocycles. The van der Waals surface area contributed by atoms with Gasteiger partial charge < -0.3 is 10.4 Å². The van der Waals surface area contributed by atoms with Crippen molar-refractivity contribution in [3.63, 3.8) is 0 Å². The monoisotopic (exact) mass is 360 g/mol. The van der Waals surface area contributed by atoms with Crippen molar-refractivity contribution in [3.8, 4) is 0 Å². The molecule has 0 radical (unpaired) electrons. The van der Waals surface area contributed by atoms with E-state index in [0.717, 1.165) is 22.1 Å². The van der Waals surface area contributed by atoms with Crippen LogP contribution in [0.4, 0.5) is 0 Å². The van der Waals surface area contributed by atoms with Crippen LogP contribution in [0, 0.1) is 10.4 Å². The molecule has 1 aromatic rings. The molecule has 9 heteroatoms. The minimum Gasteiger partial charge on any atom is -0.612 e. The summed E-state index contributed by atoms with van der Waals surface area (Å²) in [6.45, 7) is 0. The van der Waals surface area contributed by atoms with Gasteiger partial charge in [0.15, 0.2) is 5.82 Å². The van der Waals surface area contributed by atoms with Gasteiger partial charge in [0, 0.05) is 22.7 Å². The second kappa shape index (κ2) is 5.90. The standard InChI is InChI=1S/C15H11ClN5O2S/c16-11-5-1-10(2-6-11)14-19-20-13(17-18-15(20)24-14)9-3-7-12(8-4-9)21(22)23/h1-8,14,17,19H/q-1/t14-/m1/s1. The molecule has 0 unspecified atom stereocenters. The Morgan fingerprint density at radius 2 is 1.83 bits per heavy atom. The number of hydrogen-bond acceptors (Lipinski definition) is 7. The van der Waals surface area contributed by atoms with E-state index >= 15 is 0 Å². The van der Waals surface area contributed by atoms with E-state index in [0.29, 0.717) is 5.02 Å². The maximum absolute atomic E-state index is 10.8. The number of hydrazine groups is 1. The Kier molecular flexibility index (Phi) is 3.72. The lowest BCUT2D eigenvalue weighted by Gasteiger charge is -2.18. The Bertz CT molecular complexity index is 822. The lowest BCUT2D eigenvalue weighted by Crippen LogP contribution is -2.34. The van der Waals surface area contributed by atoms with Crippen molar-refractivity contribution in [2.24, 2.45) is 5.10 Å². The van der Waals surface area contributed by atoms with Crippen LogP contribution in [-0.4, -0.2) is 20.8 Å². The zero-order valence-electron chi connectivity index (χ0n) is 12.1. The summed E-state index contributed by atoms with van der Waals surface area (Å²) in [6, 6.07) is 7.64. The van der Waals surface area contributed by atoms with Crippen molar-refractivity contribution in [3.05, 3.63) is 81.0 Å². The summed E-state index contributed by atoms with van der Waals surface area (Å²) in [7, 11) is 0. The molecule has 0 bridgehead atoms. The van der Waals surface area contributed by atoms with Crippen molar-refractivity contribution < 1.29 is 4.90 Å². The summed E-state index contributed by atoms with van der Waals surface area (Å²) in [5.41, 5.74) is 8.28. The topological polar surface area (TPSA) is 88.8 Å². The minimum atomic E-state index is -0.418. The van der Waals surface area contributed by atoms with Crippen LogP contribution in [-0.2, 0) is 0 Å². The highest BCUT2D eigenvalue weighted by Crippen LogP contribution is 2.38. The molecular weight excluding hydrogens is 350 g/mol. The van der Waals surface area contributed by atoms with E-state index < -0.39 is 4.90 Å². The zero-order valence-corrected chi connectivity index (χ0v) is 13.7. The molecule has 1 aliphatic carbocycles. The number of benzene rings is 1. The van der Waals surface area contributed by atoms with Crippen LogP contribution < -0.4 is 10.9 Å². The molecule has 0 aromatic heterocycles. The van der Waals surface area contributed by atoms with Crippen LogP contribution in [0.25, 0.3) is 0 Å². The number of hydrazone groups is 1.